The Labute approximate surface area is 106 Å². The van der Waals surface area contributed by atoms with Gasteiger partial charge in [0.25, 0.3) is 0 Å². The van der Waals surface area contributed by atoms with E-state index in [9.17, 15) is 9.59 Å². The van der Waals surface area contributed by atoms with E-state index in [0.29, 0.717) is 22.3 Å². The lowest BCUT2D eigenvalue weighted by molar-refractivity contribution is 0.0979. The molecule has 86 valence electrons. The largest absolute Gasteiger partial charge is 0.289 e. The van der Waals surface area contributed by atoms with Gasteiger partial charge in [-0.15, -0.1) is 0 Å². The van der Waals surface area contributed by atoms with Crippen molar-refractivity contribution in [2.45, 2.75) is 6.92 Å². The monoisotopic (exact) mass is 234 g/mol. The molecule has 0 amide bonds. The van der Waals surface area contributed by atoms with Gasteiger partial charge < -0.3 is 0 Å². The first kappa shape index (κ1) is 11.0. The van der Waals surface area contributed by atoms with Crippen LogP contribution in [0.2, 0.25) is 0 Å². The molecule has 0 aromatic heterocycles. The molecule has 0 bridgehead atoms. The van der Waals surface area contributed by atoms with Crippen molar-refractivity contribution < 1.29 is 9.59 Å². The van der Waals surface area contributed by atoms with Gasteiger partial charge in [0.15, 0.2) is 11.6 Å². The predicted octanol–water partition coefficient (Wildman–Crippen LogP) is 1.03. The quantitative estimate of drug-likeness (QED) is 0.544. The molecule has 2 nitrogen and oxygen atoms in total. The molecule has 0 spiro atoms. The molecular formula is C15H11BO2. The van der Waals surface area contributed by atoms with Gasteiger partial charge in [-0.25, -0.2) is 0 Å². The Morgan fingerprint density at radius 1 is 0.833 bits per heavy atom. The van der Waals surface area contributed by atoms with Crippen LogP contribution in [0, 0.1) is 6.92 Å². The van der Waals surface area contributed by atoms with Crippen molar-refractivity contribution in [2.24, 2.45) is 0 Å². The molecular weight excluding hydrogens is 223 g/mol. The average molecular weight is 234 g/mol. The van der Waals surface area contributed by atoms with Gasteiger partial charge in [0.2, 0.25) is 0 Å². The number of carbonyl (C=O) groups excluding carboxylic acids is 2. The Morgan fingerprint density at radius 3 is 2.00 bits per heavy atom. The van der Waals surface area contributed by atoms with Crippen LogP contribution in [0.5, 0.6) is 0 Å². The number of ketones is 2. The van der Waals surface area contributed by atoms with Crippen LogP contribution in [0.3, 0.4) is 0 Å². The zero-order valence-electron chi connectivity index (χ0n) is 10.3. The highest BCUT2D eigenvalue weighted by Gasteiger charge is 2.31. The maximum atomic E-state index is 12.5. The van der Waals surface area contributed by atoms with Gasteiger partial charge in [-0.2, -0.15) is 0 Å². The fourth-order valence-electron chi connectivity index (χ4n) is 2.54. The van der Waals surface area contributed by atoms with Gasteiger partial charge in [0.1, 0.15) is 7.85 Å². The van der Waals surface area contributed by atoms with Gasteiger partial charge in [-0.05, 0) is 12.5 Å². The molecule has 0 aliphatic heterocycles. The van der Waals surface area contributed by atoms with E-state index in [-0.39, 0.29) is 11.6 Å². The smallest absolute Gasteiger partial charge is 0.194 e. The number of aryl methyl sites for hydroxylation is 1. The number of rotatable bonds is 0. The first-order valence-corrected chi connectivity index (χ1v) is 5.90. The summed E-state index contributed by atoms with van der Waals surface area (Å²) in [6, 6.07) is 10.8. The Balaban J connectivity index is 2.41. The standard InChI is InChI=1S/C15H11BO2/c1-8-6-7-11(16)13-12(8)14(17)9-4-2-3-5-10(9)15(13)18/h2-7H,16H2,1H3. The summed E-state index contributed by atoms with van der Waals surface area (Å²) >= 11 is 0. The summed E-state index contributed by atoms with van der Waals surface area (Å²) in [7, 11) is 1.87. The van der Waals surface area contributed by atoms with Crippen LogP contribution < -0.4 is 5.46 Å². The molecule has 0 unspecified atom stereocenters. The predicted molar refractivity (Wildman–Crippen MR) is 72.7 cm³/mol. The fourth-order valence-corrected chi connectivity index (χ4v) is 2.54. The third-order valence-corrected chi connectivity index (χ3v) is 3.49. The van der Waals surface area contributed by atoms with Crippen LogP contribution in [0.25, 0.3) is 0 Å². The number of benzene rings is 2. The van der Waals surface area contributed by atoms with E-state index >= 15 is 0 Å². The van der Waals surface area contributed by atoms with Crippen LogP contribution in [0.1, 0.15) is 37.4 Å². The molecule has 0 N–H and O–H groups in total. The summed E-state index contributed by atoms with van der Waals surface area (Å²) in [6.45, 7) is 1.87. The van der Waals surface area contributed by atoms with E-state index < -0.39 is 0 Å². The third-order valence-electron chi connectivity index (χ3n) is 3.49. The minimum Gasteiger partial charge on any atom is -0.289 e. The van der Waals surface area contributed by atoms with Crippen molar-refractivity contribution in [1.29, 1.82) is 0 Å². The van der Waals surface area contributed by atoms with Crippen molar-refractivity contribution >= 4 is 24.9 Å². The summed E-state index contributed by atoms with van der Waals surface area (Å²) in [5.41, 5.74) is 3.90. The normalized spacial score (nSPS) is 13.2. The average Bonchev–Trinajstić information content (AvgIpc) is 2.38. The molecule has 0 saturated carbocycles. The first-order chi connectivity index (χ1) is 8.61. The molecule has 0 atom stereocenters. The molecule has 18 heavy (non-hydrogen) atoms. The molecule has 2 aromatic rings. The lowest BCUT2D eigenvalue weighted by atomic mass is 9.75. The van der Waals surface area contributed by atoms with Gasteiger partial charge in [0, 0.05) is 22.3 Å². The van der Waals surface area contributed by atoms with Gasteiger partial charge >= 0.3 is 0 Å². The van der Waals surface area contributed by atoms with Gasteiger partial charge in [-0.1, -0.05) is 41.9 Å². The lowest BCUT2D eigenvalue weighted by Gasteiger charge is -2.20. The van der Waals surface area contributed by atoms with Crippen molar-refractivity contribution in [2.75, 3.05) is 0 Å². The van der Waals surface area contributed by atoms with Crippen molar-refractivity contribution in [1.82, 2.24) is 0 Å². The Kier molecular flexibility index (Phi) is 2.24. The highest BCUT2D eigenvalue weighted by Crippen LogP contribution is 2.27. The minimum atomic E-state index is -0.0404. The summed E-state index contributed by atoms with van der Waals surface area (Å²) < 4.78 is 0. The van der Waals surface area contributed by atoms with Gasteiger partial charge in [-0.3, -0.25) is 9.59 Å². The highest BCUT2D eigenvalue weighted by molar-refractivity contribution is 6.42. The van der Waals surface area contributed by atoms with Crippen LogP contribution in [0.4, 0.5) is 0 Å². The van der Waals surface area contributed by atoms with E-state index in [1.54, 1.807) is 24.3 Å². The highest BCUT2D eigenvalue weighted by atomic mass is 16.1. The number of carbonyl (C=O) groups is 2. The molecule has 1 aliphatic rings. The van der Waals surface area contributed by atoms with Crippen molar-refractivity contribution in [3.63, 3.8) is 0 Å². The van der Waals surface area contributed by atoms with Crippen LogP contribution in [-0.4, -0.2) is 19.4 Å². The molecule has 0 saturated heterocycles. The fraction of sp³-hybridized carbons (Fsp3) is 0.0667. The van der Waals surface area contributed by atoms with Crippen molar-refractivity contribution in [3.05, 3.63) is 64.2 Å². The third kappa shape index (κ3) is 1.30. The second kappa shape index (κ2) is 3.67. The van der Waals surface area contributed by atoms with E-state index in [1.807, 2.05) is 26.9 Å². The Morgan fingerprint density at radius 2 is 1.39 bits per heavy atom. The Bertz CT molecular complexity index is 642. The summed E-state index contributed by atoms with van der Waals surface area (Å²) in [6.07, 6.45) is 0. The zero-order valence-corrected chi connectivity index (χ0v) is 10.3. The maximum absolute atomic E-state index is 12.5. The summed E-state index contributed by atoms with van der Waals surface area (Å²) in [4.78, 5) is 24.9. The van der Waals surface area contributed by atoms with E-state index in [1.165, 1.54) is 0 Å². The second-order valence-electron chi connectivity index (χ2n) is 4.65. The zero-order chi connectivity index (χ0) is 12.9. The summed E-state index contributed by atoms with van der Waals surface area (Å²) in [5.74, 6) is -0.0807. The number of hydrogen-bond acceptors (Lipinski definition) is 2. The molecule has 3 rings (SSSR count). The maximum Gasteiger partial charge on any atom is 0.194 e. The molecule has 0 heterocycles. The molecule has 3 heteroatoms. The Hall–Kier alpha value is -2.16. The molecule has 0 radical (unpaired) electrons. The van der Waals surface area contributed by atoms with Crippen LogP contribution in [-0.2, 0) is 0 Å². The first-order valence-electron chi connectivity index (χ1n) is 5.90. The minimum absolute atomic E-state index is 0.0404. The molecule has 2 aromatic carbocycles. The van der Waals surface area contributed by atoms with E-state index in [2.05, 4.69) is 0 Å². The molecule has 1 aliphatic carbocycles. The van der Waals surface area contributed by atoms with Crippen LogP contribution >= 0.6 is 0 Å². The lowest BCUT2D eigenvalue weighted by Crippen LogP contribution is -2.29. The van der Waals surface area contributed by atoms with Gasteiger partial charge in [0.05, 0.1) is 0 Å². The summed E-state index contributed by atoms with van der Waals surface area (Å²) in [5, 5.41) is 0. The van der Waals surface area contributed by atoms with E-state index in [4.69, 9.17) is 0 Å². The second-order valence-corrected chi connectivity index (χ2v) is 4.65. The number of fused-ring (bicyclic) bond motifs is 2. The number of hydrogen-bond donors (Lipinski definition) is 0. The topological polar surface area (TPSA) is 34.1 Å². The molecule has 0 fully saturated rings. The van der Waals surface area contributed by atoms with E-state index in [0.717, 1.165) is 11.0 Å². The SMILES string of the molecule is Bc1ccc(C)c2c1C(=O)c1ccccc1C2=O. The van der Waals surface area contributed by atoms with Crippen molar-refractivity contribution in [3.8, 4) is 0 Å². The van der Waals surface area contributed by atoms with Crippen LogP contribution in [0.15, 0.2) is 36.4 Å².